The van der Waals surface area contributed by atoms with Crippen molar-refractivity contribution < 1.29 is 19.1 Å². The Balaban J connectivity index is 1.74. The van der Waals surface area contributed by atoms with Gasteiger partial charge in [0.25, 0.3) is 5.91 Å². The average Bonchev–Trinajstić information content (AvgIpc) is 3.11. The predicted molar refractivity (Wildman–Crippen MR) is 93.9 cm³/mol. The Morgan fingerprint density at radius 3 is 2.58 bits per heavy atom. The van der Waals surface area contributed by atoms with Crippen LogP contribution in [0.15, 0.2) is 24.3 Å². The number of carbonyl (C=O) groups is 3. The molecule has 136 valence electrons. The second kappa shape index (κ2) is 6.71. The summed E-state index contributed by atoms with van der Waals surface area (Å²) in [6.07, 6.45) is 0. The van der Waals surface area contributed by atoms with Gasteiger partial charge in [0, 0.05) is 0 Å². The molecule has 1 fully saturated rings. The fraction of sp³-hybridized carbons (Fsp3) is 0.312. The Labute approximate surface area is 153 Å². The van der Waals surface area contributed by atoms with Crippen LogP contribution in [-0.4, -0.2) is 46.6 Å². The minimum atomic E-state index is -1.25. The van der Waals surface area contributed by atoms with Crippen LogP contribution in [0.2, 0.25) is 0 Å². The van der Waals surface area contributed by atoms with Crippen molar-refractivity contribution in [1.82, 2.24) is 20.4 Å². The number of nitrogens with zero attached hydrogens (tertiary/aromatic N) is 3. The molecule has 2 N–H and O–H groups in total. The summed E-state index contributed by atoms with van der Waals surface area (Å²) >= 11 is 1.21. The molecule has 1 aromatic heterocycles. The fourth-order valence-electron chi connectivity index (χ4n) is 2.61. The molecule has 0 unspecified atom stereocenters. The molecule has 9 nitrogen and oxygen atoms in total. The molecule has 1 saturated heterocycles. The predicted octanol–water partition coefficient (Wildman–Crippen LogP) is 1.26. The van der Waals surface area contributed by atoms with Gasteiger partial charge in [-0.2, -0.15) is 0 Å². The number of amides is 4. The lowest BCUT2D eigenvalue weighted by atomic mass is 9.92. The van der Waals surface area contributed by atoms with Crippen molar-refractivity contribution >= 4 is 34.3 Å². The van der Waals surface area contributed by atoms with E-state index in [0.717, 1.165) is 4.90 Å². The maximum Gasteiger partial charge on any atom is 0.325 e. The molecule has 3 rings (SSSR count). The lowest BCUT2D eigenvalue weighted by molar-refractivity contribution is -0.133. The third kappa shape index (κ3) is 3.23. The number of imide groups is 1. The number of aryl methyl sites for hydroxylation is 1. The number of hydrogen-bond acceptors (Lipinski definition) is 7. The van der Waals surface area contributed by atoms with Crippen LogP contribution >= 0.6 is 11.3 Å². The number of anilines is 1. The third-order valence-electron chi connectivity index (χ3n) is 4.02. The smallest absolute Gasteiger partial charge is 0.325 e. The minimum absolute atomic E-state index is 0.317. The standard InChI is InChI=1S/C16H17N5O4S/c1-9-19-20-14(26-9)17-12(22)8-21-13(23)16(2,18-15(21)24)10-4-6-11(25-3)7-5-10/h4-7H,8H2,1-3H3,(H,18,24)(H,17,20,22)/t16-/m0/s1. The van der Waals surface area contributed by atoms with Crippen molar-refractivity contribution in [2.24, 2.45) is 0 Å². The Morgan fingerprint density at radius 1 is 1.31 bits per heavy atom. The highest BCUT2D eigenvalue weighted by Crippen LogP contribution is 2.30. The van der Waals surface area contributed by atoms with Crippen molar-refractivity contribution in [3.63, 3.8) is 0 Å². The summed E-state index contributed by atoms with van der Waals surface area (Å²) in [4.78, 5) is 38.1. The number of nitrogens with one attached hydrogen (secondary N) is 2. The van der Waals surface area contributed by atoms with Crippen LogP contribution < -0.4 is 15.4 Å². The van der Waals surface area contributed by atoms with Gasteiger partial charge < -0.3 is 10.1 Å². The van der Waals surface area contributed by atoms with E-state index in [9.17, 15) is 14.4 Å². The van der Waals surface area contributed by atoms with Crippen LogP contribution in [0.25, 0.3) is 0 Å². The molecular weight excluding hydrogens is 358 g/mol. The summed E-state index contributed by atoms with van der Waals surface area (Å²) in [5.74, 6) is -0.391. The van der Waals surface area contributed by atoms with Crippen LogP contribution in [0.4, 0.5) is 9.93 Å². The van der Waals surface area contributed by atoms with E-state index in [1.165, 1.54) is 11.3 Å². The lowest BCUT2D eigenvalue weighted by Gasteiger charge is -2.22. The van der Waals surface area contributed by atoms with E-state index in [2.05, 4.69) is 20.8 Å². The SMILES string of the molecule is COc1ccc([C@]2(C)NC(=O)N(CC(=O)Nc3nnc(C)s3)C2=O)cc1. The molecule has 2 heterocycles. The van der Waals surface area contributed by atoms with Gasteiger partial charge >= 0.3 is 6.03 Å². The largest absolute Gasteiger partial charge is 0.497 e. The van der Waals surface area contributed by atoms with Crippen molar-refractivity contribution in [1.29, 1.82) is 0 Å². The summed E-state index contributed by atoms with van der Waals surface area (Å²) in [6, 6.07) is 6.17. The molecule has 1 aromatic carbocycles. The molecule has 1 aliphatic rings. The van der Waals surface area contributed by atoms with Gasteiger partial charge in [-0.1, -0.05) is 23.5 Å². The number of hydrogen-bond donors (Lipinski definition) is 2. The molecule has 0 aliphatic carbocycles. The minimum Gasteiger partial charge on any atom is -0.497 e. The topological polar surface area (TPSA) is 114 Å². The Morgan fingerprint density at radius 2 is 2.00 bits per heavy atom. The van der Waals surface area contributed by atoms with E-state index >= 15 is 0 Å². The number of ether oxygens (including phenoxy) is 1. The van der Waals surface area contributed by atoms with E-state index in [1.807, 2.05) is 0 Å². The van der Waals surface area contributed by atoms with Crippen molar-refractivity contribution in [3.05, 3.63) is 34.8 Å². The maximum atomic E-state index is 12.8. The summed E-state index contributed by atoms with van der Waals surface area (Å²) in [5, 5.41) is 13.8. The molecule has 0 bridgehead atoms. The molecule has 0 spiro atoms. The van der Waals surface area contributed by atoms with Crippen molar-refractivity contribution in [2.75, 3.05) is 19.0 Å². The van der Waals surface area contributed by atoms with Gasteiger partial charge in [0.05, 0.1) is 7.11 Å². The van der Waals surface area contributed by atoms with Crippen LogP contribution in [0, 0.1) is 6.92 Å². The summed E-state index contributed by atoms with van der Waals surface area (Å²) in [6.45, 7) is 2.95. The highest BCUT2D eigenvalue weighted by molar-refractivity contribution is 7.15. The van der Waals surface area contributed by atoms with Gasteiger partial charge in [-0.15, -0.1) is 10.2 Å². The van der Waals surface area contributed by atoms with E-state index in [-0.39, 0.29) is 0 Å². The summed E-state index contributed by atoms with van der Waals surface area (Å²) < 4.78 is 5.10. The summed E-state index contributed by atoms with van der Waals surface area (Å²) in [5.41, 5.74) is -0.650. The first-order valence-corrected chi connectivity index (χ1v) is 8.54. The highest BCUT2D eigenvalue weighted by Gasteiger charge is 2.49. The second-order valence-corrected chi connectivity index (χ2v) is 7.03. The van der Waals surface area contributed by atoms with Crippen LogP contribution in [0.5, 0.6) is 5.75 Å². The van der Waals surface area contributed by atoms with E-state index in [1.54, 1.807) is 45.2 Å². The Bertz CT molecular complexity index is 866. The quantitative estimate of drug-likeness (QED) is 0.761. The van der Waals surface area contributed by atoms with Gasteiger partial charge in [-0.3, -0.25) is 19.8 Å². The highest BCUT2D eigenvalue weighted by atomic mass is 32.1. The molecular formula is C16H17N5O4S. The maximum absolute atomic E-state index is 12.8. The first-order chi connectivity index (χ1) is 12.3. The van der Waals surface area contributed by atoms with Gasteiger partial charge in [-0.05, 0) is 31.5 Å². The monoisotopic (exact) mass is 375 g/mol. The van der Waals surface area contributed by atoms with Gasteiger partial charge in [-0.25, -0.2) is 4.79 Å². The molecule has 4 amide bonds. The number of aromatic nitrogens is 2. The van der Waals surface area contributed by atoms with Crippen LogP contribution in [0.1, 0.15) is 17.5 Å². The second-order valence-electron chi connectivity index (χ2n) is 5.85. The van der Waals surface area contributed by atoms with E-state index in [4.69, 9.17) is 4.74 Å². The zero-order valence-electron chi connectivity index (χ0n) is 14.4. The van der Waals surface area contributed by atoms with Gasteiger partial charge in [0.1, 0.15) is 22.8 Å². The normalized spacial score (nSPS) is 19.4. The fourth-order valence-corrected chi connectivity index (χ4v) is 3.22. The first kappa shape index (κ1) is 17.8. The van der Waals surface area contributed by atoms with Crippen molar-refractivity contribution in [3.8, 4) is 5.75 Å². The molecule has 26 heavy (non-hydrogen) atoms. The van der Waals surface area contributed by atoms with Crippen LogP contribution in [-0.2, 0) is 15.1 Å². The molecule has 0 saturated carbocycles. The van der Waals surface area contributed by atoms with E-state index in [0.29, 0.717) is 21.5 Å². The Hall–Kier alpha value is -3.01. The summed E-state index contributed by atoms with van der Waals surface area (Å²) in [7, 11) is 1.54. The zero-order chi connectivity index (χ0) is 18.9. The lowest BCUT2D eigenvalue weighted by Crippen LogP contribution is -2.42. The molecule has 1 atom stereocenters. The number of benzene rings is 1. The molecule has 10 heteroatoms. The number of carbonyl (C=O) groups excluding carboxylic acids is 3. The number of urea groups is 1. The zero-order valence-corrected chi connectivity index (χ0v) is 15.2. The third-order valence-corrected chi connectivity index (χ3v) is 4.77. The van der Waals surface area contributed by atoms with Crippen LogP contribution in [0.3, 0.4) is 0 Å². The first-order valence-electron chi connectivity index (χ1n) is 7.72. The number of methoxy groups -OCH3 is 1. The number of rotatable bonds is 5. The molecule has 0 radical (unpaired) electrons. The molecule has 2 aromatic rings. The van der Waals surface area contributed by atoms with Gasteiger partial charge in [0.15, 0.2) is 0 Å². The molecule has 1 aliphatic heterocycles. The van der Waals surface area contributed by atoms with Gasteiger partial charge in [0.2, 0.25) is 11.0 Å². The van der Waals surface area contributed by atoms with Crippen molar-refractivity contribution in [2.45, 2.75) is 19.4 Å². The average molecular weight is 375 g/mol. The van der Waals surface area contributed by atoms with E-state index < -0.39 is 29.9 Å². The Kier molecular flexibility index (Phi) is 4.60.